The molecule has 0 bridgehead atoms. The van der Waals surface area contributed by atoms with E-state index in [2.05, 4.69) is 4.90 Å². The van der Waals surface area contributed by atoms with Crippen LogP contribution in [0.4, 0.5) is 5.69 Å². The van der Waals surface area contributed by atoms with Gasteiger partial charge in [0.1, 0.15) is 0 Å². The first kappa shape index (κ1) is 15.8. The molecule has 0 amide bonds. The molecule has 27 heavy (non-hydrogen) atoms. The van der Waals surface area contributed by atoms with E-state index in [1.807, 2.05) is 79.3 Å². The van der Waals surface area contributed by atoms with E-state index in [9.17, 15) is 9.59 Å². The van der Waals surface area contributed by atoms with Gasteiger partial charge in [0.05, 0.1) is 11.0 Å². The molecule has 1 aliphatic rings. The SMILES string of the molecule is CN1Cc2cc3c(=O)c4ccccc4n(C)c3cc2C(=O)c2ccccc21. The molecule has 5 rings (SSSR count). The predicted molar refractivity (Wildman–Crippen MR) is 109 cm³/mol. The van der Waals surface area contributed by atoms with E-state index in [4.69, 9.17) is 0 Å². The molecule has 1 aliphatic heterocycles. The molecule has 3 aromatic carbocycles. The molecule has 0 saturated carbocycles. The molecule has 132 valence electrons. The largest absolute Gasteiger partial charge is 0.370 e. The lowest BCUT2D eigenvalue weighted by molar-refractivity contribution is 0.103. The average Bonchev–Trinajstić information content (AvgIpc) is 2.80. The molecule has 0 unspecified atom stereocenters. The van der Waals surface area contributed by atoms with Crippen LogP contribution in [-0.2, 0) is 13.6 Å². The fourth-order valence-corrected chi connectivity index (χ4v) is 4.15. The monoisotopic (exact) mass is 354 g/mol. The average molecular weight is 354 g/mol. The predicted octanol–water partition coefficient (Wildman–Crippen LogP) is 3.87. The number of hydrogen-bond acceptors (Lipinski definition) is 3. The number of benzene rings is 3. The Morgan fingerprint density at radius 1 is 0.778 bits per heavy atom. The van der Waals surface area contributed by atoms with Crippen molar-refractivity contribution in [1.82, 2.24) is 4.57 Å². The van der Waals surface area contributed by atoms with E-state index >= 15 is 0 Å². The van der Waals surface area contributed by atoms with E-state index in [1.54, 1.807) is 0 Å². The summed E-state index contributed by atoms with van der Waals surface area (Å²) in [6.45, 7) is 0.587. The first-order chi connectivity index (χ1) is 13.1. The summed E-state index contributed by atoms with van der Waals surface area (Å²) in [7, 11) is 3.92. The number of fused-ring (bicyclic) bond motifs is 4. The molecule has 4 nitrogen and oxygen atoms in total. The molecule has 0 atom stereocenters. The van der Waals surface area contributed by atoms with Crippen molar-refractivity contribution in [2.75, 3.05) is 11.9 Å². The zero-order valence-electron chi connectivity index (χ0n) is 15.2. The molecule has 0 aliphatic carbocycles. The number of anilines is 1. The third kappa shape index (κ3) is 2.16. The molecule has 4 aromatic rings. The van der Waals surface area contributed by atoms with Gasteiger partial charge in [0, 0.05) is 48.2 Å². The Morgan fingerprint density at radius 2 is 1.52 bits per heavy atom. The standard InChI is InChI=1S/C23H18N2O2/c1-24-13-14-11-18-21(25(2)20-10-6-4-8-16(20)23(18)27)12-17(14)22(26)15-7-3-5-9-19(15)24/h3-12H,13H2,1-2H3. The quantitative estimate of drug-likeness (QED) is 0.450. The zero-order valence-corrected chi connectivity index (χ0v) is 15.2. The van der Waals surface area contributed by atoms with Gasteiger partial charge < -0.3 is 9.47 Å². The van der Waals surface area contributed by atoms with Crippen LogP contribution in [0.3, 0.4) is 0 Å². The van der Waals surface area contributed by atoms with Gasteiger partial charge in [0.25, 0.3) is 0 Å². The molecule has 0 fully saturated rings. The van der Waals surface area contributed by atoms with Crippen molar-refractivity contribution in [2.45, 2.75) is 6.54 Å². The van der Waals surface area contributed by atoms with E-state index in [1.165, 1.54) is 0 Å². The van der Waals surface area contributed by atoms with Crippen LogP contribution in [0.2, 0.25) is 0 Å². The highest BCUT2D eigenvalue weighted by molar-refractivity contribution is 6.15. The van der Waals surface area contributed by atoms with Gasteiger partial charge in [0.2, 0.25) is 0 Å². The van der Waals surface area contributed by atoms with Crippen LogP contribution in [0.25, 0.3) is 21.8 Å². The molecule has 0 saturated heterocycles. The highest BCUT2D eigenvalue weighted by atomic mass is 16.1. The van der Waals surface area contributed by atoms with Gasteiger partial charge in [-0.1, -0.05) is 24.3 Å². The van der Waals surface area contributed by atoms with Crippen LogP contribution in [0.1, 0.15) is 21.5 Å². The van der Waals surface area contributed by atoms with E-state index in [0.717, 1.165) is 22.3 Å². The van der Waals surface area contributed by atoms with Crippen molar-refractivity contribution in [3.05, 3.63) is 87.6 Å². The van der Waals surface area contributed by atoms with Gasteiger partial charge >= 0.3 is 0 Å². The number of carbonyl (C=O) groups is 1. The molecule has 2 heterocycles. The topological polar surface area (TPSA) is 42.3 Å². The second-order valence-corrected chi connectivity index (χ2v) is 7.13. The van der Waals surface area contributed by atoms with Crippen molar-refractivity contribution in [1.29, 1.82) is 0 Å². The Morgan fingerprint density at radius 3 is 2.37 bits per heavy atom. The Kier molecular flexibility index (Phi) is 3.25. The van der Waals surface area contributed by atoms with Crippen molar-refractivity contribution >= 4 is 33.3 Å². The summed E-state index contributed by atoms with van der Waals surface area (Å²) < 4.78 is 2.00. The van der Waals surface area contributed by atoms with Crippen molar-refractivity contribution in [3.8, 4) is 0 Å². The number of aromatic nitrogens is 1. The highest BCUT2D eigenvalue weighted by Crippen LogP contribution is 2.32. The number of carbonyl (C=O) groups excluding carboxylic acids is 1. The van der Waals surface area contributed by atoms with Gasteiger partial charge in [-0.05, 0) is 42.0 Å². The minimum absolute atomic E-state index is 0.00691. The molecular formula is C23H18N2O2. The zero-order chi connectivity index (χ0) is 18.7. The van der Waals surface area contributed by atoms with Crippen molar-refractivity contribution in [2.24, 2.45) is 7.05 Å². The van der Waals surface area contributed by atoms with Crippen LogP contribution >= 0.6 is 0 Å². The Bertz CT molecular complexity index is 1320. The first-order valence-electron chi connectivity index (χ1n) is 8.95. The molecule has 0 radical (unpaired) electrons. The summed E-state index contributed by atoms with van der Waals surface area (Å²) in [6, 6.07) is 19.1. The molecular weight excluding hydrogens is 336 g/mol. The fraction of sp³-hybridized carbons (Fsp3) is 0.130. The second kappa shape index (κ2) is 5.55. The maximum absolute atomic E-state index is 13.3. The smallest absolute Gasteiger partial charge is 0.197 e. The van der Waals surface area contributed by atoms with Gasteiger partial charge in [-0.25, -0.2) is 0 Å². The van der Waals surface area contributed by atoms with Gasteiger partial charge in [-0.15, -0.1) is 0 Å². The Labute approximate surface area is 156 Å². The number of para-hydroxylation sites is 2. The first-order valence-corrected chi connectivity index (χ1v) is 8.95. The number of aryl methyl sites for hydroxylation is 1. The lowest BCUT2D eigenvalue weighted by Gasteiger charge is -2.19. The van der Waals surface area contributed by atoms with Gasteiger partial charge in [0.15, 0.2) is 11.2 Å². The lowest BCUT2D eigenvalue weighted by atomic mass is 9.96. The van der Waals surface area contributed by atoms with E-state index in [-0.39, 0.29) is 11.2 Å². The van der Waals surface area contributed by atoms with Crippen molar-refractivity contribution in [3.63, 3.8) is 0 Å². The van der Waals surface area contributed by atoms with E-state index in [0.29, 0.717) is 28.4 Å². The van der Waals surface area contributed by atoms with Crippen LogP contribution < -0.4 is 10.3 Å². The lowest BCUT2D eigenvalue weighted by Crippen LogP contribution is -2.17. The number of nitrogens with zero attached hydrogens (tertiary/aromatic N) is 2. The van der Waals surface area contributed by atoms with Gasteiger partial charge in [-0.2, -0.15) is 0 Å². The number of pyridine rings is 1. The number of hydrogen-bond donors (Lipinski definition) is 0. The number of ketones is 1. The summed E-state index contributed by atoms with van der Waals surface area (Å²) in [6.07, 6.45) is 0. The molecule has 4 heteroatoms. The Balaban J connectivity index is 1.89. The minimum atomic E-state index is 0.00691. The van der Waals surface area contributed by atoms with Crippen LogP contribution in [0.5, 0.6) is 0 Å². The van der Waals surface area contributed by atoms with Crippen LogP contribution in [0.15, 0.2) is 65.5 Å². The molecule has 0 N–H and O–H groups in total. The second-order valence-electron chi connectivity index (χ2n) is 7.13. The summed E-state index contributed by atoms with van der Waals surface area (Å²) in [5.41, 5.74) is 4.84. The fourth-order valence-electron chi connectivity index (χ4n) is 4.15. The normalized spacial score (nSPS) is 13.6. The summed E-state index contributed by atoms with van der Waals surface area (Å²) in [5, 5.41) is 1.35. The maximum atomic E-state index is 13.3. The number of rotatable bonds is 0. The summed E-state index contributed by atoms with van der Waals surface area (Å²) >= 11 is 0. The minimum Gasteiger partial charge on any atom is -0.370 e. The Hall–Kier alpha value is -3.40. The summed E-state index contributed by atoms with van der Waals surface area (Å²) in [5.74, 6) is 0.00691. The van der Waals surface area contributed by atoms with Crippen molar-refractivity contribution < 1.29 is 4.79 Å². The highest BCUT2D eigenvalue weighted by Gasteiger charge is 2.25. The van der Waals surface area contributed by atoms with Crippen LogP contribution in [-0.4, -0.2) is 17.4 Å². The summed E-state index contributed by atoms with van der Waals surface area (Å²) in [4.78, 5) is 28.4. The third-order valence-electron chi connectivity index (χ3n) is 5.55. The van der Waals surface area contributed by atoms with Gasteiger partial charge in [-0.3, -0.25) is 9.59 Å². The molecule has 0 spiro atoms. The maximum Gasteiger partial charge on any atom is 0.197 e. The third-order valence-corrected chi connectivity index (χ3v) is 5.55. The molecule has 1 aromatic heterocycles. The van der Waals surface area contributed by atoms with Crippen LogP contribution in [0, 0.1) is 0 Å². The van der Waals surface area contributed by atoms with E-state index < -0.39 is 0 Å².